The Morgan fingerprint density at radius 1 is 1.19 bits per heavy atom. The third-order valence-electron chi connectivity index (χ3n) is 4.65. The molecule has 1 aromatic heterocycles. The zero-order valence-electron chi connectivity index (χ0n) is 15.4. The number of hydrogen-bond acceptors (Lipinski definition) is 2. The van der Waals surface area contributed by atoms with Crippen molar-refractivity contribution in [1.29, 1.82) is 0 Å². The number of aliphatic hydroxyl groups excluding tert-OH is 1. The second-order valence-electron chi connectivity index (χ2n) is 6.42. The summed E-state index contributed by atoms with van der Waals surface area (Å²) in [6, 6.07) is 15.9. The van der Waals surface area contributed by atoms with Gasteiger partial charge in [0.2, 0.25) is 0 Å². The van der Waals surface area contributed by atoms with Crippen LogP contribution in [0.15, 0.2) is 59.7 Å². The van der Waals surface area contributed by atoms with Crippen LogP contribution >= 0.6 is 11.6 Å². The van der Waals surface area contributed by atoms with Crippen LogP contribution in [0, 0.1) is 0 Å². The van der Waals surface area contributed by atoms with E-state index in [2.05, 4.69) is 20.6 Å². The van der Waals surface area contributed by atoms with Gasteiger partial charge in [-0.25, -0.2) is 0 Å². The molecule has 0 spiro atoms. The van der Waals surface area contributed by atoms with Crippen LogP contribution in [0.3, 0.4) is 0 Å². The van der Waals surface area contributed by atoms with E-state index >= 15 is 0 Å². The van der Waals surface area contributed by atoms with E-state index in [1.807, 2.05) is 54.7 Å². The number of H-pyrrole nitrogens is 1. The Morgan fingerprint density at radius 3 is 2.74 bits per heavy atom. The molecule has 1 atom stereocenters. The number of rotatable bonds is 7. The summed E-state index contributed by atoms with van der Waals surface area (Å²) < 4.78 is 0. The van der Waals surface area contributed by atoms with Crippen molar-refractivity contribution < 1.29 is 5.11 Å². The Bertz CT molecular complexity index is 892. The minimum Gasteiger partial charge on any atom is -0.396 e. The van der Waals surface area contributed by atoms with Crippen LogP contribution in [0.1, 0.15) is 17.0 Å². The monoisotopic (exact) mass is 384 g/mol. The molecule has 0 aliphatic carbocycles. The van der Waals surface area contributed by atoms with Crippen LogP contribution in [0.2, 0.25) is 5.02 Å². The van der Waals surface area contributed by atoms with E-state index in [0.29, 0.717) is 6.54 Å². The molecule has 0 fully saturated rings. The Balaban J connectivity index is 1.52. The van der Waals surface area contributed by atoms with Crippen molar-refractivity contribution in [2.45, 2.75) is 12.3 Å². The van der Waals surface area contributed by atoms with E-state index in [4.69, 9.17) is 11.6 Å². The van der Waals surface area contributed by atoms with Crippen molar-refractivity contribution in [2.24, 2.45) is 4.99 Å². The summed E-state index contributed by atoms with van der Waals surface area (Å²) in [5.74, 6) is 0.753. The standard InChI is InChI=1S/C21H25ClN4O/c1-23-21(26-13-17(14-27)15-5-3-2-4-6-15)24-10-9-16-12-25-20-8-7-18(22)11-19(16)20/h2-8,11-12,17,25,27H,9-10,13-14H2,1H3,(H2,23,24,26). The third-order valence-corrected chi connectivity index (χ3v) is 4.88. The van der Waals surface area contributed by atoms with Crippen LogP contribution < -0.4 is 10.6 Å². The van der Waals surface area contributed by atoms with Gasteiger partial charge in [-0.2, -0.15) is 0 Å². The van der Waals surface area contributed by atoms with Crippen molar-refractivity contribution in [3.8, 4) is 0 Å². The molecule has 5 nitrogen and oxygen atoms in total. The molecular weight excluding hydrogens is 360 g/mol. The highest BCUT2D eigenvalue weighted by Crippen LogP contribution is 2.22. The van der Waals surface area contributed by atoms with E-state index in [9.17, 15) is 5.11 Å². The van der Waals surface area contributed by atoms with Gasteiger partial charge < -0.3 is 20.7 Å². The van der Waals surface area contributed by atoms with Gasteiger partial charge in [-0.3, -0.25) is 4.99 Å². The zero-order chi connectivity index (χ0) is 19.1. The lowest BCUT2D eigenvalue weighted by molar-refractivity contribution is 0.265. The topological polar surface area (TPSA) is 72.4 Å². The number of aromatic amines is 1. The molecule has 0 aliphatic rings. The van der Waals surface area contributed by atoms with E-state index in [1.165, 1.54) is 5.56 Å². The number of aromatic nitrogens is 1. The summed E-state index contributed by atoms with van der Waals surface area (Å²) in [5.41, 5.74) is 3.41. The maximum Gasteiger partial charge on any atom is 0.191 e. The number of fused-ring (bicyclic) bond motifs is 1. The van der Waals surface area contributed by atoms with Crippen LogP contribution in [0.25, 0.3) is 10.9 Å². The zero-order valence-corrected chi connectivity index (χ0v) is 16.1. The van der Waals surface area contributed by atoms with Gasteiger partial charge in [0.05, 0.1) is 6.61 Å². The second-order valence-corrected chi connectivity index (χ2v) is 6.86. The number of aliphatic imine (C=N–C) groups is 1. The maximum absolute atomic E-state index is 9.67. The first kappa shape index (κ1) is 19.3. The van der Waals surface area contributed by atoms with Crippen molar-refractivity contribution in [3.63, 3.8) is 0 Å². The Hall–Kier alpha value is -2.50. The van der Waals surface area contributed by atoms with Gasteiger partial charge in [0.15, 0.2) is 5.96 Å². The summed E-state index contributed by atoms with van der Waals surface area (Å²) in [5, 5.41) is 18.2. The molecule has 0 amide bonds. The number of guanidine groups is 1. The Morgan fingerprint density at radius 2 is 2.00 bits per heavy atom. The van der Waals surface area contributed by atoms with Crippen LogP contribution in [0.5, 0.6) is 0 Å². The minimum absolute atomic E-state index is 0.0282. The summed E-state index contributed by atoms with van der Waals surface area (Å²) in [6.45, 7) is 1.45. The van der Waals surface area contributed by atoms with Gasteiger partial charge in [0.25, 0.3) is 0 Å². The lowest BCUT2D eigenvalue weighted by Crippen LogP contribution is -2.40. The van der Waals surface area contributed by atoms with E-state index in [1.54, 1.807) is 7.05 Å². The summed E-state index contributed by atoms with van der Waals surface area (Å²) in [7, 11) is 1.75. The molecule has 4 N–H and O–H groups in total. The maximum atomic E-state index is 9.67. The van der Waals surface area contributed by atoms with Gasteiger partial charge in [-0.05, 0) is 35.7 Å². The summed E-state index contributed by atoms with van der Waals surface area (Å²) in [6.07, 6.45) is 2.87. The fraction of sp³-hybridized carbons (Fsp3) is 0.286. The number of hydrogen-bond donors (Lipinski definition) is 4. The van der Waals surface area contributed by atoms with Crippen LogP contribution in [-0.4, -0.2) is 42.8 Å². The number of halogens is 1. The number of nitrogens with one attached hydrogen (secondary N) is 3. The third kappa shape index (κ3) is 5.02. The van der Waals surface area contributed by atoms with E-state index in [-0.39, 0.29) is 12.5 Å². The number of aliphatic hydroxyl groups is 1. The molecule has 0 bridgehead atoms. The number of benzene rings is 2. The molecule has 0 aliphatic heterocycles. The van der Waals surface area contributed by atoms with Gasteiger partial charge in [0, 0.05) is 48.2 Å². The first-order valence-electron chi connectivity index (χ1n) is 9.07. The Kier molecular flexibility index (Phi) is 6.74. The van der Waals surface area contributed by atoms with E-state index < -0.39 is 0 Å². The number of nitrogens with zero attached hydrogens (tertiary/aromatic N) is 1. The molecule has 142 valence electrons. The molecule has 1 heterocycles. The summed E-state index contributed by atoms with van der Waals surface area (Å²) in [4.78, 5) is 7.54. The van der Waals surface area contributed by atoms with Gasteiger partial charge >= 0.3 is 0 Å². The average molecular weight is 385 g/mol. The highest BCUT2D eigenvalue weighted by Gasteiger charge is 2.11. The van der Waals surface area contributed by atoms with Crippen LogP contribution in [-0.2, 0) is 6.42 Å². The van der Waals surface area contributed by atoms with Crippen LogP contribution in [0.4, 0.5) is 0 Å². The SMILES string of the molecule is CN=C(NCCc1c[nH]c2ccc(Cl)cc12)NCC(CO)c1ccccc1. The molecule has 27 heavy (non-hydrogen) atoms. The average Bonchev–Trinajstić information content (AvgIpc) is 3.10. The summed E-state index contributed by atoms with van der Waals surface area (Å²) >= 11 is 6.11. The molecule has 0 radical (unpaired) electrons. The quantitative estimate of drug-likeness (QED) is 0.373. The lowest BCUT2D eigenvalue weighted by atomic mass is 10.0. The molecule has 0 saturated carbocycles. The predicted molar refractivity (Wildman–Crippen MR) is 113 cm³/mol. The predicted octanol–water partition coefficient (Wildman–Crippen LogP) is 3.30. The van der Waals surface area contributed by atoms with E-state index in [0.717, 1.165) is 40.4 Å². The lowest BCUT2D eigenvalue weighted by Gasteiger charge is -2.18. The molecule has 3 aromatic rings. The fourth-order valence-corrected chi connectivity index (χ4v) is 3.30. The smallest absolute Gasteiger partial charge is 0.191 e. The highest BCUT2D eigenvalue weighted by molar-refractivity contribution is 6.31. The first-order valence-corrected chi connectivity index (χ1v) is 9.45. The molecule has 0 saturated heterocycles. The molecule has 6 heteroatoms. The van der Waals surface area contributed by atoms with Gasteiger partial charge in [0.1, 0.15) is 0 Å². The van der Waals surface area contributed by atoms with Gasteiger partial charge in [-0.1, -0.05) is 41.9 Å². The molecular formula is C21H25ClN4O. The molecule has 3 rings (SSSR count). The molecule has 2 aromatic carbocycles. The minimum atomic E-state index is 0.0282. The van der Waals surface area contributed by atoms with Crippen molar-refractivity contribution >= 4 is 28.5 Å². The van der Waals surface area contributed by atoms with Gasteiger partial charge in [-0.15, -0.1) is 0 Å². The normalized spacial score (nSPS) is 12.9. The van der Waals surface area contributed by atoms with Crippen molar-refractivity contribution in [2.75, 3.05) is 26.7 Å². The largest absolute Gasteiger partial charge is 0.396 e. The van der Waals surface area contributed by atoms with Crippen molar-refractivity contribution in [1.82, 2.24) is 15.6 Å². The molecule has 1 unspecified atom stereocenters. The fourth-order valence-electron chi connectivity index (χ4n) is 3.13. The second kappa shape index (κ2) is 9.44. The highest BCUT2D eigenvalue weighted by atomic mass is 35.5. The van der Waals surface area contributed by atoms with Crippen molar-refractivity contribution in [3.05, 3.63) is 70.9 Å². The first-order chi connectivity index (χ1) is 13.2. The Labute approximate surface area is 164 Å².